The molecule has 0 aliphatic carbocycles. The van der Waals surface area contributed by atoms with Gasteiger partial charge in [0.1, 0.15) is 18.9 Å². The van der Waals surface area contributed by atoms with E-state index in [2.05, 4.69) is 5.32 Å². The first kappa shape index (κ1) is 15.8. The van der Waals surface area contributed by atoms with E-state index in [0.29, 0.717) is 35.8 Å². The van der Waals surface area contributed by atoms with Crippen molar-refractivity contribution in [2.75, 3.05) is 18.5 Å². The number of hydrogen-bond donors (Lipinski definition) is 1. The number of aryl methyl sites for hydroxylation is 1. The van der Waals surface area contributed by atoms with Crippen LogP contribution < -0.4 is 14.8 Å². The van der Waals surface area contributed by atoms with Crippen LogP contribution in [0.3, 0.4) is 0 Å². The summed E-state index contributed by atoms with van der Waals surface area (Å²) in [6, 6.07) is 7.87. The monoisotopic (exact) mass is 328 g/mol. The maximum Gasteiger partial charge on any atom is 0.293 e. The van der Waals surface area contributed by atoms with Gasteiger partial charge in [-0.15, -0.1) is 0 Å². The summed E-state index contributed by atoms with van der Waals surface area (Å²) in [6.07, 6.45) is 0. The van der Waals surface area contributed by atoms with E-state index in [1.807, 2.05) is 6.92 Å². The molecular formula is C17H16N2O5. The highest BCUT2D eigenvalue weighted by atomic mass is 16.6. The van der Waals surface area contributed by atoms with E-state index in [1.165, 1.54) is 6.07 Å². The number of nitro groups is 1. The number of fused-ring (bicyclic) bond motifs is 1. The molecule has 0 fully saturated rings. The van der Waals surface area contributed by atoms with Gasteiger partial charge in [0.15, 0.2) is 11.5 Å². The molecule has 3 rings (SSSR count). The summed E-state index contributed by atoms with van der Waals surface area (Å²) in [6.45, 7) is 4.45. The average molecular weight is 328 g/mol. The number of benzene rings is 2. The second-order valence-electron chi connectivity index (χ2n) is 5.47. The fourth-order valence-corrected chi connectivity index (χ4v) is 2.48. The second kappa shape index (κ2) is 6.19. The number of nitrogens with one attached hydrogen (secondary N) is 1. The van der Waals surface area contributed by atoms with E-state index in [-0.39, 0.29) is 11.4 Å². The van der Waals surface area contributed by atoms with Crippen LogP contribution in [0.2, 0.25) is 0 Å². The lowest BCUT2D eigenvalue weighted by Gasteiger charge is -2.19. The zero-order chi connectivity index (χ0) is 17.3. The SMILES string of the molecule is Cc1ccc([N+](=O)[O-])c(NC(=O)c2ccc3c(c2)OCCO3)c1C. The van der Waals surface area contributed by atoms with Crippen molar-refractivity contribution >= 4 is 17.3 Å². The summed E-state index contributed by atoms with van der Waals surface area (Å²) in [5.74, 6) is 0.628. The van der Waals surface area contributed by atoms with Crippen LogP contribution in [0.5, 0.6) is 11.5 Å². The number of nitro benzene ring substituents is 1. The van der Waals surface area contributed by atoms with Crippen LogP contribution in [-0.4, -0.2) is 24.0 Å². The van der Waals surface area contributed by atoms with Gasteiger partial charge in [-0.2, -0.15) is 0 Å². The summed E-state index contributed by atoms with van der Waals surface area (Å²) in [5, 5.41) is 13.9. The van der Waals surface area contributed by atoms with Crippen LogP contribution in [0.25, 0.3) is 0 Å². The fourth-order valence-electron chi connectivity index (χ4n) is 2.48. The predicted molar refractivity (Wildman–Crippen MR) is 88.0 cm³/mol. The maximum atomic E-state index is 12.5. The van der Waals surface area contributed by atoms with E-state index in [0.717, 1.165) is 5.56 Å². The normalized spacial score (nSPS) is 12.6. The Morgan fingerprint density at radius 1 is 1.12 bits per heavy atom. The predicted octanol–water partition coefficient (Wildman–Crippen LogP) is 3.24. The lowest BCUT2D eigenvalue weighted by molar-refractivity contribution is -0.384. The Bertz CT molecular complexity index is 832. The summed E-state index contributed by atoms with van der Waals surface area (Å²) >= 11 is 0. The first-order valence-electron chi connectivity index (χ1n) is 7.43. The molecule has 124 valence electrons. The number of anilines is 1. The molecule has 0 atom stereocenters. The molecule has 0 unspecified atom stereocenters. The van der Waals surface area contributed by atoms with E-state index in [4.69, 9.17) is 9.47 Å². The van der Waals surface area contributed by atoms with E-state index in [1.54, 1.807) is 31.2 Å². The molecule has 24 heavy (non-hydrogen) atoms. The second-order valence-corrected chi connectivity index (χ2v) is 5.47. The largest absolute Gasteiger partial charge is 0.486 e. The standard InChI is InChI=1S/C17H16N2O5/c1-10-3-5-13(19(21)22)16(11(10)2)18-17(20)12-4-6-14-15(9-12)24-8-7-23-14/h3-6,9H,7-8H2,1-2H3,(H,18,20). The van der Waals surface area contributed by atoms with Gasteiger partial charge in [-0.3, -0.25) is 14.9 Å². The number of rotatable bonds is 3. The van der Waals surface area contributed by atoms with Gasteiger partial charge in [-0.1, -0.05) is 6.07 Å². The lowest BCUT2D eigenvalue weighted by Crippen LogP contribution is -2.18. The van der Waals surface area contributed by atoms with Crippen molar-refractivity contribution in [2.24, 2.45) is 0 Å². The Kier molecular flexibility index (Phi) is 4.07. The number of carbonyl (C=O) groups excluding carboxylic acids is 1. The summed E-state index contributed by atoms with van der Waals surface area (Å²) in [7, 11) is 0. The molecule has 7 nitrogen and oxygen atoms in total. The zero-order valence-electron chi connectivity index (χ0n) is 13.3. The van der Waals surface area contributed by atoms with Crippen molar-refractivity contribution in [3.8, 4) is 11.5 Å². The van der Waals surface area contributed by atoms with Crippen LogP contribution in [0.15, 0.2) is 30.3 Å². The zero-order valence-corrected chi connectivity index (χ0v) is 13.3. The third-order valence-corrected chi connectivity index (χ3v) is 3.95. The molecule has 2 aromatic carbocycles. The third-order valence-electron chi connectivity index (χ3n) is 3.95. The van der Waals surface area contributed by atoms with Crippen molar-refractivity contribution in [3.05, 3.63) is 57.1 Å². The molecule has 0 saturated heterocycles. The molecule has 0 bridgehead atoms. The summed E-state index contributed by atoms with van der Waals surface area (Å²) in [5.41, 5.74) is 1.94. The van der Waals surface area contributed by atoms with Crippen LogP contribution in [-0.2, 0) is 0 Å². The molecule has 0 aromatic heterocycles. The number of carbonyl (C=O) groups is 1. The Hall–Kier alpha value is -3.09. The van der Waals surface area contributed by atoms with Crippen LogP contribution in [0.1, 0.15) is 21.5 Å². The van der Waals surface area contributed by atoms with Gasteiger partial charge in [0.2, 0.25) is 0 Å². The quantitative estimate of drug-likeness (QED) is 0.690. The van der Waals surface area contributed by atoms with Crippen LogP contribution in [0, 0.1) is 24.0 Å². The topological polar surface area (TPSA) is 90.7 Å². The molecule has 1 amide bonds. The van der Waals surface area contributed by atoms with Gasteiger partial charge in [-0.05, 0) is 43.2 Å². The van der Waals surface area contributed by atoms with Crippen LogP contribution in [0.4, 0.5) is 11.4 Å². The van der Waals surface area contributed by atoms with Crippen molar-refractivity contribution in [3.63, 3.8) is 0 Å². The first-order valence-corrected chi connectivity index (χ1v) is 7.43. The molecule has 0 radical (unpaired) electrons. The minimum Gasteiger partial charge on any atom is -0.486 e. The molecule has 1 N–H and O–H groups in total. The van der Waals surface area contributed by atoms with Crippen molar-refractivity contribution in [1.82, 2.24) is 0 Å². The van der Waals surface area contributed by atoms with Gasteiger partial charge in [0, 0.05) is 11.6 Å². The minimum absolute atomic E-state index is 0.135. The fraction of sp³-hybridized carbons (Fsp3) is 0.235. The van der Waals surface area contributed by atoms with E-state index >= 15 is 0 Å². The molecular weight excluding hydrogens is 312 g/mol. The molecule has 1 aliphatic rings. The number of amides is 1. The lowest BCUT2D eigenvalue weighted by atomic mass is 10.1. The number of hydrogen-bond acceptors (Lipinski definition) is 5. The average Bonchev–Trinajstić information content (AvgIpc) is 2.58. The Morgan fingerprint density at radius 3 is 2.54 bits per heavy atom. The third kappa shape index (κ3) is 2.88. The van der Waals surface area contributed by atoms with Crippen molar-refractivity contribution in [2.45, 2.75) is 13.8 Å². The molecule has 1 heterocycles. The molecule has 1 aliphatic heterocycles. The number of nitrogens with zero attached hydrogens (tertiary/aromatic N) is 1. The summed E-state index contributed by atoms with van der Waals surface area (Å²) < 4.78 is 10.9. The highest BCUT2D eigenvalue weighted by Crippen LogP contribution is 2.33. The van der Waals surface area contributed by atoms with Crippen molar-refractivity contribution in [1.29, 1.82) is 0 Å². The van der Waals surface area contributed by atoms with Crippen molar-refractivity contribution < 1.29 is 19.2 Å². The smallest absolute Gasteiger partial charge is 0.293 e. The Balaban J connectivity index is 1.93. The van der Waals surface area contributed by atoms with Gasteiger partial charge >= 0.3 is 0 Å². The van der Waals surface area contributed by atoms with Gasteiger partial charge in [0.05, 0.1) is 4.92 Å². The highest BCUT2D eigenvalue weighted by molar-refractivity contribution is 6.06. The Morgan fingerprint density at radius 2 is 1.83 bits per heavy atom. The van der Waals surface area contributed by atoms with Gasteiger partial charge in [0.25, 0.3) is 11.6 Å². The molecule has 0 saturated carbocycles. The van der Waals surface area contributed by atoms with E-state index < -0.39 is 10.8 Å². The number of ether oxygens (including phenoxy) is 2. The molecule has 2 aromatic rings. The molecule has 7 heteroatoms. The van der Waals surface area contributed by atoms with Gasteiger partial charge in [-0.25, -0.2) is 0 Å². The van der Waals surface area contributed by atoms with Gasteiger partial charge < -0.3 is 14.8 Å². The maximum absolute atomic E-state index is 12.5. The summed E-state index contributed by atoms with van der Waals surface area (Å²) in [4.78, 5) is 23.2. The van der Waals surface area contributed by atoms with Crippen LogP contribution >= 0.6 is 0 Å². The minimum atomic E-state index is -0.508. The van der Waals surface area contributed by atoms with E-state index in [9.17, 15) is 14.9 Å². The first-order chi connectivity index (χ1) is 11.5. The highest BCUT2D eigenvalue weighted by Gasteiger charge is 2.21. The Labute approximate surface area is 138 Å². The molecule has 0 spiro atoms.